The van der Waals surface area contributed by atoms with Crippen LogP contribution in [0.15, 0.2) is 71.6 Å². The van der Waals surface area contributed by atoms with E-state index in [1.165, 1.54) is 11.2 Å². The summed E-state index contributed by atoms with van der Waals surface area (Å²) in [5.74, 6) is -0.464. The van der Waals surface area contributed by atoms with Gasteiger partial charge in [0.05, 0.1) is 38.7 Å². The van der Waals surface area contributed by atoms with Crippen LogP contribution in [0.2, 0.25) is 10.0 Å². The summed E-state index contributed by atoms with van der Waals surface area (Å²) < 4.78 is 30.8. The highest BCUT2D eigenvalue weighted by atomic mass is 35.5. The number of alkyl halides is 2. The standard InChI is InChI=1S/C34H38Cl4N3O5P/c1-33(2,3)45-47(43,46-34(4,5)6)21-23-14-12-22(13-15-23)9-8-18-41(32(42)31(37)38)24-16-17-39-28(19-24)25-20-44-40-30(25)29-26(35)10-7-11-27(29)36/h7,10-17,19-20,31H,8-9,18,21H2,1-6H3. The minimum atomic E-state index is -3.43. The fourth-order valence-electron chi connectivity index (χ4n) is 4.94. The van der Waals surface area contributed by atoms with Gasteiger partial charge in [0, 0.05) is 24.0 Å². The Hall–Kier alpha value is -2.42. The number of carbonyl (C=O) groups excluding carboxylic acids is 1. The number of aryl methyl sites for hydroxylation is 1. The first kappa shape index (κ1) is 37.4. The van der Waals surface area contributed by atoms with Gasteiger partial charge in [-0.3, -0.25) is 14.3 Å². The smallest absolute Gasteiger partial charge is 0.336 e. The van der Waals surface area contributed by atoms with Crippen LogP contribution >= 0.6 is 54.0 Å². The third-order valence-electron chi connectivity index (χ3n) is 6.63. The number of halogens is 4. The zero-order valence-electron chi connectivity index (χ0n) is 27.1. The van der Waals surface area contributed by atoms with Gasteiger partial charge in [-0.25, -0.2) is 0 Å². The number of rotatable bonds is 12. The largest absolute Gasteiger partial charge is 0.363 e. The molecule has 2 heterocycles. The van der Waals surface area contributed by atoms with Crippen molar-refractivity contribution in [1.29, 1.82) is 0 Å². The monoisotopic (exact) mass is 739 g/mol. The van der Waals surface area contributed by atoms with Crippen molar-refractivity contribution in [2.45, 2.75) is 76.6 Å². The zero-order chi connectivity index (χ0) is 34.6. The van der Waals surface area contributed by atoms with Crippen molar-refractivity contribution in [3.05, 3.63) is 88.2 Å². The average Bonchev–Trinajstić information content (AvgIpc) is 3.43. The fourth-order valence-corrected chi connectivity index (χ4v) is 8.24. The van der Waals surface area contributed by atoms with E-state index in [1.807, 2.05) is 65.8 Å². The zero-order valence-corrected chi connectivity index (χ0v) is 31.0. The third kappa shape index (κ3) is 10.5. The van der Waals surface area contributed by atoms with Crippen LogP contribution in [-0.4, -0.2) is 38.6 Å². The van der Waals surface area contributed by atoms with Crippen LogP contribution in [0.3, 0.4) is 0 Å². The molecule has 0 fully saturated rings. The van der Waals surface area contributed by atoms with Crippen LogP contribution in [0, 0.1) is 0 Å². The lowest BCUT2D eigenvalue weighted by molar-refractivity contribution is -0.117. The molecule has 0 spiro atoms. The number of benzene rings is 2. The molecule has 0 saturated heterocycles. The summed E-state index contributed by atoms with van der Waals surface area (Å²) >= 11 is 25.0. The van der Waals surface area contributed by atoms with Crippen LogP contribution in [0.25, 0.3) is 22.5 Å². The van der Waals surface area contributed by atoms with Crippen LogP contribution in [0.1, 0.15) is 59.1 Å². The Balaban J connectivity index is 1.50. The molecule has 0 radical (unpaired) electrons. The van der Waals surface area contributed by atoms with Gasteiger partial charge in [0.2, 0.25) is 0 Å². The van der Waals surface area contributed by atoms with E-state index < -0.39 is 29.5 Å². The predicted molar refractivity (Wildman–Crippen MR) is 191 cm³/mol. The number of hydrogen-bond acceptors (Lipinski definition) is 7. The number of nitrogens with zero attached hydrogens (tertiary/aromatic N) is 3. The summed E-state index contributed by atoms with van der Waals surface area (Å²) in [6.07, 6.45) is 4.45. The lowest BCUT2D eigenvalue weighted by atomic mass is 10.0. The summed E-state index contributed by atoms with van der Waals surface area (Å²) in [5, 5.41) is 4.94. The molecule has 0 aliphatic carbocycles. The molecule has 0 aliphatic heterocycles. The van der Waals surface area contributed by atoms with Crippen LogP contribution < -0.4 is 4.90 Å². The van der Waals surface area contributed by atoms with Crippen LogP contribution in [0.5, 0.6) is 0 Å². The predicted octanol–water partition coefficient (Wildman–Crippen LogP) is 10.8. The molecule has 0 aliphatic rings. The molecular weight excluding hydrogens is 703 g/mol. The minimum absolute atomic E-state index is 0.151. The van der Waals surface area contributed by atoms with Crippen molar-refractivity contribution in [2.75, 3.05) is 11.4 Å². The Labute approximate surface area is 296 Å². The maximum Gasteiger partial charge on any atom is 0.336 e. The van der Waals surface area contributed by atoms with Crippen molar-refractivity contribution < 1.29 is 22.9 Å². The lowest BCUT2D eigenvalue weighted by Gasteiger charge is -2.32. The molecule has 252 valence electrons. The van der Waals surface area contributed by atoms with Gasteiger partial charge < -0.3 is 18.5 Å². The van der Waals surface area contributed by atoms with Gasteiger partial charge in [-0.1, -0.05) is 81.9 Å². The van der Waals surface area contributed by atoms with Crippen molar-refractivity contribution in [3.63, 3.8) is 0 Å². The van der Waals surface area contributed by atoms with Gasteiger partial charge in [0.15, 0.2) is 4.84 Å². The first-order valence-electron chi connectivity index (χ1n) is 15.0. The summed E-state index contributed by atoms with van der Waals surface area (Å²) in [6, 6.07) is 16.4. The number of amides is 1. The van der Waals surface area contributed by atoms with E-state index in [4.69, 9.17) is 60.0 Å². The Kier molecular flexibility index (Phi) is 12.3. The quantitative estimate of drug-likeness (QED) is 0.105. The highest BCUT2D eigenvalue weighted by Crippen LogP contribution is 2.57. The van der Waals surface area contributed by atoms with Gasteiger partial charge in [-0.05, 0) is 89.8 Å². The fraction of sp³-hybridized carbons (Fsp3) is 0.382. The second kappa shape index (κ2) is 15.4. The van der Waals surface area contributed by atoms with Gasteiger partial charge in [-0.2, -0.15) is 0 Å². The summed E-state index contributed by atoms with van der Waals surface area (Å²) in [7, 11) is -3.43. The maximum atomic E-state index is 13.7. The van der Waals surface area contributed by atoms with E-state index in [0.717, 1.165) is 11.1 Å². The molecule has 1 amide bonds. The number of hydrogen-bond donors (Lipinski definition) is 0. The van der Waals surface area contributed by atoms with Crippen molar-refractivity contribution in [2.24, 2.45) is 0 Å². The van der Waals surface area contributed by atoms with E-state index in [9.17, 15) is 9.36 Å². The molecular formula is C34H38Cl4N3O5P. The van der Waals surface area contributed by atoms with E-state index in [0.29, 0.717) is 57.6 Å². The van der Waals surface area contributed by atoms with Crippen LogP contribution in [-0.2, 0) is 31.0 Å². The topological polar surface area (TPSA) is 94.8 Å². The van der Waals surface area contributed by atoms with Crippen molar-refractivity contribution >= 4 is 65.6 Å². The van der Waals surface area contributed by atoms with E-state index >= 15 is 0 Å². The number of carbonyl (C=O) groups is 1. The van der Waals surface area contributed by atoms with Crippen molar-refractivity contribution in [3.8, 4) is 22.5 Å². The normalized spacial score (nSPS) is 12.5. The second-order valence-corrected chi connectivity index (χ2v) is 16.8. The molecule has 0 N–H and O–H groups in total. The summed E-state index contributed by atoms with van der Waals surface area (Å²) in [6.45, 7) is 11.5. The molecule has 0 bridgehead atoms. The highest BCUT2D eigenvalue weighted by molar-refractivity contribution is 7.53. The van der Waals surface area contributed by atoms with Gasteiger partial charge in [-0.15, -0.1) is 0 Å². The Morgan fingerprint density at radius 2 is 1.53 bits per heavy atom. The third-order valence-corrected chi connectivity index (χ3v) is 10.0. The van der Waals surface area contributed by atoms with E-state index in [-0.39, 0.29) is 6.16 Å². The lowest BCUT2D eigenvalue weighted by Crippen LogP contribution is -2.36. The van der Waals surface area contributed by atoms with Gasteiger partial charge in [0.1, 0.15) is 12.0 Å². The molecule has 8 nitrogen and oxygen atoms in total. The molecule has 4 rings (SSSR count). The Morgan fingerprint density at radius 3 is 2.11 bits per heavy atom. The van der Waals surface area contributed by atoms with Crippen LogP contribution in [0.4, 0.5) is 5.69 Å². The maximum absolute atomic E-state index is 13.7. The molecule has 0 atom stereocenters. The Bertz CT molecular complexity index is 1690. The molecule has 13 heteroatoms. The van der Waals surface area contributed by atoms with Gasteiger partial charge >= 0.3 is 7.60 Å². The number of aromatic nitrogens is 2. The van der Waals surface area contributed by atoms with Gasteiger partial charge in [0.25, 0.3) is 5.91 Å². The second-order valence-electron chi connectivity index (χ2n) is 13.0. The molecule has 2 aromatic carbocycles. The molecule has 0 unspecified atom stereocenters. The van der Waals surface area contributed by atoms with E-state index in [2.05, 4.69) is 10.1 Å². The average molecular weight is 741 g/mol. The molecule has 0 saturated carbocycles. The first-order chi connectivity index (χ1) is 21.9. The van der Waals surface area contributed by atoms with E-state index in [1.54, 1.807) is 36.5 Å². The minimum Gasteiger partial charge on any atom is -0.363 e. The summed E-state index contributed by atoms with van der Waals surface area (Å²) in [4.78, 5) is 17.9. The van der Waals surface area contributed by atoms with Crippen molar-refractivity contribution in [1.82, 2.24) is 10.1 Å². The highest BCUT2D eigenvalue weighted by Gasteiger charge is 2.35. The first-order valence-corrected chi connectivity index (χ1v) is 18.3. The SMILES string of the molecule is CC(C)(C)OP(=O)(Cc1ccc(CCCN(C(=O)C(Cl)Cl)c2ccnc(-c3conc3-c3c(Cl)cccc3Cl)c2)cc1)OC(C)(C)C. The molecule has 47 heavy (non-hydrogen) atoms. The Morgan fingerprint density at radius 1 is 0.936 bits per heavy atom. The molecule has 4 aromatic rings. The number of pyridine rings is 1. The molecule has 2 aromatic heterocycles. The summed E-state index contributed by atoms with van der Waals surface area (Å²) in [5.41, 5.74) is 3.14. The number of anilines is 1.